The molecule has 0 unspecified atom stereocenters. The summed E-state index contributed by atoms with van der Waals surface area (Å²) >= 11 is 1.65. The summed E-state index contributed by atoms with van der Waals surface area (Å²) in [6.45, 7) is 4.90. The molecule has 0 atom stereocenters. The van der Waals surface area contributed by atoms with Crippen LogP contribution in [0.3, 0.4) is 0 Å². The van der Waals surface area contributed by atoms with Gasteiger partial charge in [-0.15, -0.1) is 16.8 Å². The number of nitrogens with zero attached hydrogens (tertiary/aromatic N) is 4. The van der Waals surface area contributed by atoms with Gasteiger partial charge in [0.25, 0.3) is 0 Å². The van der Waals surface area contributed by atoms with E-state index in [1.807, 2.05) is 22.8 Å². The van der Waals surface area contributed by atoms with Gasteiger partial charge in [-0.2, -0.15) is 0 Å². The molecular formula is C13H16N4OS. The van der Waals surface area contributed by atoms with E-state index in [9.17, 15) is 0 Å². The minimum absolute atomic E-state index is 0.455. The molecule has 0 amide bonds. The average molecular weight is 276 g/mol. The molecule has 0 aliphatic carbocycles. The van der Waals surface area contributed by atoms with Crippen LogP contribution in [-0.2, 0) is 23.6 Å². The van der Waals surface area contributed by atoms with Crippen molar-refractivity contribution in [2.24, 2.45) is 0 Å². The van der Waals surface area contributed by atoms with Gasteiger partial charge in [0.15, 0.2) is 11.0 Å². The van der Waals surface area contributed by atoms with Crippen molar-refractivity contribution >= 4 is 11.8 Å². The normalized spacial score (nSPS) is 10.6. The Bertz CT molecular complexity index is 527. The van der Waals surface area contributed by atoms with Crippen LogP contribution in [0.15, 0.2) is 42.3 Å². The second-order valence-electron chi connectivity index (χ2n) is 3.88. The maximum Gasteiger partial charge on any atom is 0.191 e. The first-order valence-electron chi connectivity index (χ1n) is 5.88. The molecule has 100 valence electrons. The fraction of sp³-hybridized carbons (Fsp3) is 0.308. The van der Waals surface area contributed by atoms with E-state index in [4.69, 9.17) is 4.74 Å². The number of aromatic nitrogens is 4. The van der Waals surface area contributed by atoms with E-state index in [-0.39, 0.29) is 0 Å². The molecular weight excluding hydrogens is 260 g/mol. The molecule has 5 nitrogen and oxygen atoms in total. The van der Waals surface area contributed by atoms with Crippen LogP contribution in [0.5, 0.6) is 0 Å². The Morgan fingerprint density at radius 2 is 2.16 bits per heavy atom. The number of pyridine rings is 1. The summed E-state index contributed by atoms with van der Waals surface area (Å²) in [4.78, 5) is 4.00. The van der Waals surface area contributed by atoms with Crippen molar-refractivity contribution in [1.29, 1.82) is 0 Å². The maximum atomic E-state index is 5.12. The van der Waals surface area contributed by atoms with Gasteiger partial charge in [0, 0.05) is 31.8 Å². The molecule has 0 fully saturated rings. The van der Waals surface area contributed by atoms with Gasteiger partial charge in [0.1, 0.15) is 6.61 Å². The lowest BCUT2D eigenvalue weighted by Gasteiger charge is -2.06. The third kappa shape index (κ3) is 3.65. The highest BCUT2D eigenvalue weighted by molar-refractivity contribution is 7.98. The lowest BCUT2D eigenvalue weighted by Crippen LogP contribution is -2.04. The summed E-state index contributed by atoms with van der Waals surface area (Å²) in [5.74, 6) is 1.66. The maximum absolute atomic E-state index is 5.12. The first kappa shape index (κ1) is 13.8. The molecule has 0 saturated carbocycles. The van der Waals surface area contributed by atoms with Crippen molar-refractivity contribution < 1.29 is 4.74 Å². The second-order valence-corrected chi connectivity index (χ2v) is 4.82. The SMILES string of the molecule is C=CCn1c(COC)nnc1SCc1ccncc1. The van der Waals surface area contributed by atoms with E-state index in [0.717, 1.165) is 16.7 Å². The number of hydrogen-bond acceptors (Lipinski definition) is 5. The van der Waals surface area contributed by atoms with E-state index >= 15 is 0 Å². The van der Waals surface area contributed by atoms with Crippen LogP contribution in [-0.4, -0.2) is 26.9 Å². The average Bonchev–Trinajstić information content (AvgIpc) is 2.81. The third-order valence-electron chi connectivity index (χ3n) is 2.50. The molecule has 0 N–H and O–H groups in total. The molecule has 2 rings (SSSR count). The van der Waals surface area contributed by atoms with Crippen molar-refractivity contribution in [1.82, 2.24) is 19.7 Å². The van der Waals surface area contributed by atoms with E-state index in [1.165, 1.54) is 5.56 Å². The Balaban J connectivity index is 2.09. The number of rotatable bonds is 7. The molecule has 0 bridgehead atoms. The molecule has 0 aliphatic rings. The van der Waals surface area contributed by atoms with Gasteiger partial charge in [-0.05, 0) is 17.7 Å². The van der Waals surface area contributed by atoms with Gasteiger partial charge in [-0.25, -0.2) is 0 Å². The van der Waals surface area contributed by atoms with Crippen LogP contribution >= 0.6 is 11.8 Å². The summed E-state index contributed by atoms with van der Waals surface area (Å²) in [7, 11) is 1.65. The van der Waals surface area contributed by atoms with E-state index in [0.29, 0.717) is 13.2 Å². The van der Waals surface area contributed by atoms with Crippen LogP contribution in [0, 0.1) is 0 Å². The zero-order valence-electron chi connectivity index (χ0n) is 10.8. The predicted molar refractivity (Wildman–Crippen MR) is 74.7 cm³/mol. The first-order chi connectivity index (χ1) is 9.35. The predicted octanol–water partition coefficient (Wildman–Crippen LogP) is 2.30. The Morgan fingerprint density at radius 1 is 1.37 bits per heavy atom. The smallest absolute Gasteiger partial charge is 0.191 e. The number of ether oxygens (including phenoxy) is 1. The van der Waals surface area contributed by atoms with Crippen LogP contribution in [0.25, 0.3) is 0 Å². The number of thioether (sulfide) groups is 1. The van der Waals surface area contributed by atoms with E-state index in [2.05, 4.69) is 21.8 Å². The molecule has 0 radical (unpaired) electrons. The Labute approximate surface area is 116 Å². The Kier molecular flexibility index (Phi) is 5.11. The van der Waals surface area contributed by atoms with Crippen LogP contribution in [0.4, 0.5) is 0 Å². The monoisotopic (exact) mass is 276 g/mol. The number of methoxy groups -OCH3 is 1. The topological polar surface area (TPSA) is 52.8 Å². The molecule has 6 heteroatoms. The van der Waals surface area contributed by atoms with Gasteiger partial charge in [0.2, 0.25) is 0 Å². The zero-order chi connectivity index (χ0) is 13.5. The van der Waals surface area contributed by atoms with E-state index < -0.39 is 0 Å². The minimum atomic E-state index is 0.455. The first-order valence-corrected chi connectivity index (χ1v) is 6.87. The fourth-order valence-electron chi connectivity index (χ4n) is 1.60. The Hall–Kier alpha value is -1.66. The number of hydrogen-bond donors (Lipinski definition) is 0. The standard InChI is InChI=1S/C13H16N4OS/c1-3-8-17-12(9-18-2)15-16-13(17)19-10-11-4-6-14-7-5-11/h3-7H,1,8-10H2,2H3. The van der Waals surface area contributed by atoms with Crippen molar-refractivity contribution in [3.05, 3.63) is 48.6 Å². The van der Waals surface area contributed by atoms with Gasteiger partial charge in [-0.3, -0.25) is 4.98 Å². The zero-order valence-corrected chi connectivity index (χ0v) is 11.6. The number of allylic oxidation sites excluding steroid dienone is 1. The van der Waals surface area contributed by atoms with Gasteiger partial charge >= 0.3 is 0 Å². The molecule has 0 aromatic carbocycles. The highest BCUT2D eigenvalue weighted by atomic mass is 32.2. The highest BCUT2D eigenvalue weighted by Gasteiger charge is 2.11. The summed E-state index contributed by atoms with van der Waals surface area (Å²) in [6, 6.07) is 3.99. The van der Waals surface area contributed by atoms with Crippen LogP contribution in [0.1, 0.15) is 11.4 Å². The summed E-state index contributed by atoms with van der Waals surface area (Å²) in [6.07, 6.45) is 5.42. The minimum Gasteiger partial charge on any atom is -0.377 e. The van der Waals surface area contributed by atoms with Crippen molar-refractivity contribution in [3.8, 4) is 0 Å². The highest BCUT2D eigenvalue weighted by Crippen LogP contribution is 2.21. The van der Waals surface area contributed by atoms with Crippen LogP contribution in [0.2, 0.25) is 0 Å². The lowest BCUT2D eigenvalue weighted by atomic mass is 10.3. The molecule has 2 aromatic rings. The third-order valence-corrected chi connectivity index (χ3v) is 3.53. The van der Waals surface area contributed by atoms with Crippen LogP contribution < -0.4 is 0 Å². The molecule has 0 aliphatic heterocycles. The largest absolute Gasteiger partial charge is 0.377 e. The fourth-order valence-corrected chi connectivity index (χ4v) is 2.52. The van der Waals surface area contributed by atoms with Crippen molar-refractivity contribution in [2.45, 2.75) is 24.1 Å². The molecule has 2 heterocycles. The summed E-state index contributed by atoms with van der Waals surface area (Å²) in [5, 5.41) is 9.22. The van der Waals surface area contributed by atoms with Crippen molar-refractivity contribution in [3.63, 3.8) is 0 Å². The summed E-state index contributed by atoms with van der Waals surface area (Å²) < 4.78 is 7.13. The van der Waals surface area contributed by atoms with Gasteiger partial charge < -0.3 is 9.30 Å². The summed E-state index contributed by atoms with van der Waals surface area (Å²) in [5.41, 5.74) is 1.21. The Morgan fingerprint density at radius 3 is 2.84 bits per heavy atom. The van der Waals surface area contributed by atoms with E-state index in [1.54, 1.807) is 31.3 Å². The lowest BCUT2D eigenvalue weighted by molar-refractivity contribution is 0.174. The molecule has 2 aromatic heterocycles. The van der Waals surface area contributed by atoms with Gasteiger partial charge in [-0.1, -0.05) is 17.8 Å². The molecule has 19 heavy (non-hydrogen) atoms. The molecule has 0 saturated heterocycles. The quantitative estimate of drug-likeness (QED) is 0.573. The van der Waals surface area contributed by atoms with Gasteiger partial charge in [0.05, 0.1) is 0 Å². The van der Waals surface area contributed by atoms with Crippen molar-refractivity contribution in [2.75, 3.05) is 7.11 Å². The molecule has 0 spiro atoms. The second kappa shape index (κ2) is 7.06.